The van der Waals surface area contributed by atoms with Gasteiger partial charge in [-0.15, -0.1) is 0 Å². The zero-order valence-electron chi connectivity index (χ0n) is 26.0. The van der Waals surface area contributed by atoms with Crippen molar-refractivity contribution in [3.63, 3.8) is 0 Å². The molecule has 1 atom stereocenters. The van der Waals surface area contributed by atoms with E-state index in [4.69, 9.17) is 20.3 Å². The predicted molar refractivity (Wildman–Crippen MR) is 164 cm³/mol. The highest BCUT2D eigenvalue weighted by atomic mass is 19.4. The number of anilines is 1. The number of pyridine rings is 1. The van der Waals surface area contributed by atoms with Gasteiger partial charge in [0.05, 0.1) is 29.6 Å². The largest absolute Gasteiger partial charge is 0.433 e. The normalized spacial score (nSPS) is 18.1. The van der Waals surface area contributed by atoms with E-state index in [0.29, 0.717) is 48.5 Å². The van der Waals surface area contributed by atoms with Crippen LogP contribution in [0, 0.1) is 0 Å². The second-order valence-electron chi connectivity index (χ2n) is 12.0. The number of methoxy groups -OCH3 is 1. The third-order valence-electron chi connectivity index (χ3n) is 9.00. The number of amides is 2. The first-order valence-electron chi connectivity index (χ1n) is 15.5. The molecule has 0 radical (unpaired) electrons. The second kappa shape index (κ2) is 12.8. The number of aromatic nitrogens is 3. The van der Waals surface area contributed by atoms with E-state index in [2.05, 4.69) is 4.98 Å². The summed E-state index contributed by atoms with van der Waals surface area (Å²) in [5.74, 6) is -0.558. The fourth-order valence-corrected chi connectivity index (χ4v) is 6.48. The molecule has 0 unspecified atom stereocenters. The standard InChI is InChI=1S/C33H35F3N6O5/c1-19(43)47-28-15-21(20-5-3-6-20)8-9-25(28)42-26-11-13-41(32(45)22-17-38-29(16-23(22)37)33(34,35)36)27-18-40(30(44)7-4-14-46-2)12-10-24(39-42)31(26)27/h4,7-9,15-17,20,27H,3,5-6,10-14,18H2,1-2H3,(H2,37,38)/b7-4+/t27-/m0/s1. The van der Waals surface area contributed by atoms with Crippen molar-refractivity contribution in [2.75, 3.05) is 39.1 Å². The van der Waals surface area contributed by atoms with Gasteiger partial charge in [0.1, 0.15) is 11.4 Å². The summed E-state index contributed by atoms with van der Waals surface area (Å²) < 4.78 is 52.3. The number of hydrogen-bond acceptors (Lipinski definition) is 8. The van der Waals surface area contributed by atoms with Crippen molar-refractivity contribution in [3.8, 4) is 11.4 Å². The van der Waals surface area contributed by atoms with Gasteiger partial charge in [0, 0.05) is 70.0 Å². The van der Waals surface area contributed by atoms with E-state index in [9.17, 15) is 27.6 Å². The summed E-state index contributed by atoms with van der Waals surface area (Å²) in [5, 5.41) is 4.96. The third kappa shape index (κ3) is 6.33. The summed E-state index contributed by atoms with van der Waals surface area (Å²) in [6.45, 7) is 2.16. The first-order chi connectivity index (χ1) is 22.5. The molecule has 2 N–H and O–H groups in total. The quantitative estimate of drug-likeness (QED) is 0.226. The van der Waals surface area contributed by atoms with E-state index >= 15 is 0 Å². The summed E-state index contributed by atoms with van der Waals surface area (Å²) in [7, 11) is 1.51. The van der Waals surface area contributed by atoms with Crippen molar-refractivity contribution >= 4 is 23.5 Å². The molecular formula is C33H35F3N6O5. The average molecular weight is 653 g/mol. The molecule has 14 heteroatoms. The maximum atomic E-state index is 14.0. The number of ether oxygens (including phenoxy) is 2. The molecule has 1 aromatic carbocycles. The zero-order valence-corrected chi connectivity index (χ0v) is 26.0. The molecular weight excluding hydrogens is 617 g/mol. The molecule has 2 amide bonds. The minimum Gasteiger partial charge on any atom is -0.424 e. The van der Waals surface area contributed by atoms with Gasteiger partial charge in [0.2, 0.25) is 5.91 Å². The van der Waals surface area contributed by atoms with Crippen molar-refractivity contribution in [3.05, 3.63) is 76.4 Å². The fraction of sp³-hybridized carbons (Fsp3) is 0.424. The molecule has 3 aliphatic rings. The third-order valence-corrected chi connectivity index (χ3v) is 9.00. The number of benzene rings is 1. The average Bonchev–Trinajstić information content (AvgIpc) is 3.24. The molecule has 0 saturated heterocycles. The predicted octanol–water partition coefficient (Wildman–Crippen LogP) is 4.39. The molecule has 0 spiro atoms. The lowest BCUT2D eigenvalue weighted by molar-refractivity contribution is -0.141. The Morgan fingerprint density at radius 3 is 2.57 bits per heavy atom. The lowest BCUT2D eigenvalue weighted by Crippen LogP contribution is -2.46. The molecule has 47 heavy (non-hydrogen) atoms. The van der Waals surface area contributed by atoms with Crippen LogP contribution in [0.3, 0.4) is 0 Å². The van der Waals surface area contributed by atoms with Gasteiger partial charge >= 0.3 is 12.1 Å². The maximum Gasteiger partial charge on any atom is 0.433 e. The van der Waals surface area contributed by atoms with Gasteiger partial charge in [0.15, 0.2) is 5.75 Å². The number of nitrogen functional groups attached to an aromatic ring is 1. The minimum absolute atomic E-state index is 0.110. The molecule has 4 heterocycles. The van der Waals surface area contributed by atoms with E-state index in [1.807, 2.05) is 18.2 Å². The van der Waals surface area contributed by atoms with Crippen LogP contribution in [0.1, 0.15) is 76.7 Å². The number of alkyl halides is 3. The van der Waals surface area contributed by atoms with Crippen molar-refractivity contribution in [2.45, 2.75) is 57.2 Å². The smallest absolute Gasteiger partial charge is 0.424 e. The van der Waals surface area contributed by atoms with Crippen LogP contribution in [-0.2, 0) is 33.3 Å². The number of esters is 1. The molecule has 1 aliphatic carbocycles. The van der Waals surface area contributed by atoms with Crippen molar-refractivity contribution in [1.29, 1.82) is 0 Å². The van der Waals surface area contributed by atoms with Gasteiger partial charge in [-0.25, -0.2) is 4.68 Å². The summed E-state index contributed by atoms with van der Waals surface area (Å²) in [5.41, 5.74) is 8.14. The Balaban J connectivity index is 1.42. The molecule has 11 nitrogen and oxygen atoms in total. The summed E-state index contributed by atoms with van der Waals surface area (Å²) in [6.07, 6.45) is 3.14. The van der Waals surface area contributed by atoms with Gasteiger partial charge in [-0.2, -0.15) is 18.3 Å². The van der Waals surface area contributed by atoms with Crippen LogP contribution in [0.25, 0.3) is 5.69 Å². The molecule has 2 aliphatic heterocycles. The molecule has 1 fully saturated rings. The first-order valence-corrected chi connectivity index (χ1v) is 15.5. The Bertz CT molecular complexity index is 1750. The highest BCUT2D eigenvalue weighted by Gasteiger charge is 2.41. The Kier molecular flexibility index (Phi) is 8.79. The fourth-order valence-electron chi connectivity index (χ4n) is 6.48. The van der Waals surface area contributed by atoms with Crippen LogP contribution in [0.2, 0.25) is 0 Å². The van der Waals surface area contributed by atoms with Crippen molar-refractivity contribution < 1.29 is 37.0 Å². The van der Waals surface area contributed by atoms with Crippen molar-refractivity contribution in [1.82, 2.24) is 24.6 Å². The van der Waals surface area contributed by atoms with Crippen LogP contribution >= 0.6 is 0 Å². The number of carbonyl (C=O) groups excluding carboxylic acids is 3. The minimum atomic E-state index is -4.72. The van der Waals surface area contributed by atoms with Gasteiger partial charge in [-0.05, 0) is 42.5 Å². The number of nitrogens with zero attached hydrogens (tertiary/aromatic N) is 5. The van der Waals surface area contributed by atoms with E-state index in [0.717, 1.165) is 42.3 Å². The van der Waals surface area contributed by atoms with Gasteiger partial charge < -0.3 is 25.0 Å². The Morgan fingerprint density at radius 1 is 1.13 bits per heavy atom. The molecule has 0 bridgehead atoms. The zero-order chi connectivity index (χ0) is 33.5. The second-order valence-corrected chi connectivity index (χ2v) is 12.0. The first kappa shape index (κ1) is 32.2. The van der Waals surface area contributed by atoms with Crippen LogP contribution in [-0.4, -0.2) is 75.7 Å². The monoisotopic (exact) mass is 652 g/mol. The maximum absolute atomic E-state index is 14.0. The molecule has 3 aromatic rings. The summed E-state index contributed by atoms with van der Waals surface area (Å²) in [4.78, 5) is 46.0. The van der Waals surface area contributed by atoms with Crippen LogP contribution in [0.5, 0.6) is 5.75 Å². The summed E-state index contributed by atoms with van der Waals surface area (Å²) in [6, 6.07) is 5.77. The Morgan fingerprint density at radius 2 is 1.91 bits per heavy atom. The SMILES string of the molecule is COC/C=C/C(=O)N1CCc2nn(-c3ccc(C4CCC4)cc3OC(C)=O)c3c2[C@H](C1)N(C(=O)c1cnc(C(F)(F)F)cc1N)CC3. The Labute approximate surface area is 269 Å². The number of halogens is 3. The molecule has 2 aromatic heterocycles. The van der Waals surface area contributed by atoms with E-state index in [1.54, 1.807) is 15.7 Å². The lowest BCUT2D eigenvalue weighted by atomic mass is 9.80. The highest BCUT2D eigenvalue weighted by Crippen LogP contribution is 2.42. The number of nitrogens with two attached hydrogens (primary N) is 1. The lowest BCUT2D eigenvalue weighted by Gasteiger charge is -2.38. The van der Waals surface area contributed by atoms with Gasteiger partial charge in [0.25, 0.3) is 5.91 Å². The molecule has 248 valence electrons. The summed E-state index contributed by atoms with van der Waals surface area (Å²) >= 11 is 0. The molecule has 1 saturated carbocycles. The van der Waals surface area contributed by atoms with Gasteiger partial charge in [-0.3, -0.25) is 19.4 Å². The number of rotatable bonds is 7. The van der Waals surface area contributed by atoms with Crippen LogP contribution in [0.15, 0.2) is 42.6 Å². The van der Waals surface area contributed by atoms with Crippen molar-refractivity contribution in [2.24, 2.45) is 0 Å². The number of hydrogen-bond donors (Lipinski definition) is 1. The topological polar surface area (TPSA) is 133 Å². The van der Waals surface area contributed by atoms with E-state index < -0.39 is 29.8 Å². The van der Waals surface area contributed by atoms with Crippen LogP contribution in [0.4, 0.5) is 18.9 Å². The van der Waals surface area contributed by atoms with E-state index in [1.165, 1.54) is 25.0 Å². The van der Waals surface area contributed by atoms with Crippen LogP contribution < -0.4 is 10.5 Å². The highest BCUT2D eigenvalue weighted by molar-refractivity contribution is 5.99. The van der Waals surface area contributed by atoms with E-state index in [-0.39, 0.29) is 36.9 Å². The van der Waals surface area contributed by atoms with Gasteiger partial charge in [-0.1, -0.05) is 18.6 Å². The molecule has 6 rings (SSSR count). The Hall–Kier alpha value is -4.72. The number of carbonyl (C=O) groups is 3.